The van der Waals surface area contributed by atoms with Gasteiger partial charge < -0.3 is 5.32 Å². The third kappa shape index (κ3) is 4.66. The smallest absolute Gasteiger partial charge is 0.346 e. The number of H-pyrrole nitrogens is 1. The largest absolute Gasteiger partial charge is 0.417 e. The molecule has 34 heavy (non-hydrogen) atoms. The van der Waals surface area contributed by atoms with E-state index in [0.29, 0.717) is 5.69 Å². The van der Waals surface area contributed by atoms with Crippen LogP contribution < -0.4 is 5.32 Å². The summed E-state index contributed by atoms with van der Waals surface area (Å²) >= 11 is 0. The van der Waals surface area contributed by atoms with Gasteiger partial charge in [0.25, 0.3) is 5.91 Å². The zero-order valence-electron chi connectivity index (χ0n) is 17.6. The van der Waals surface area contributed by atoms with Crippen molar-refractivity contribution in [2.75, 3.05) is 0 Å². The van der Waals surface area contributed by atoms with Gasteiger partial charge in [0.2, 0.25) is 0 Å². The fourth-order valence-electron chi connectivity index (χ4n) is 3.28. The van der Waals surface area contributed by atoms with Crippen LogP contribution in [0.1, 0.15) is 32.9 Å². The maximum atomic E-state index is 14.6. The number of nitriles is 1. The Labute approximate surface area is 190 Å². The van der Waals surface area contributed by atoms with E-state index in [1.54, 1.807) is 19.1 Å². The molecule has 0 atom stereocenters. The molecule has 0 bridgehead atoms. The molecule has 0 saturated heterocycles. The molecule has 0 unspecified atom stereocenters. The average molecular weight is 468 g/mol. The van der Waals surface area contributed by atoms with Gasteiger partial charge >= 0.3 is 6.18 Å². The number of hydrogen-bond acceptors (Lipinski definition) is 4. The Morgan fingerprint density at radius 2 is 1.97 bits per heavy atom. The lowest BCUT2D eigenvalue weighted by molar-refractivity contribution is -0.137. The van der Waals surface area contributed by atoms with Crippen molar-refractivity contribution in [1.29, 1.82) is 5.26 Å². The molecular weight excluding hydrogens is 452 g/mol. The van der Waals surface area contributed by atoms with Crippen LogP contribution in [-0.2, 0) is 12.7 Å². The second kappa shape index (κ2) is 8.82. The maximum Gasteiger partial charge on any atom is 0.417 e. The van der Waals surface area contributed by atoms with Gasteiger partial charge in [-0.15, -0.1) is 0 Å². The van der Waals surface area contributed by atoms with E-state index in [2.05, 4.69) is 20.6 Å². The number of carbonyl (C=O) groups excluding carboxylic acids is 1. The van der Waals surface area contributed by atoms with Gasteiger partial charge in [0.1, 0.15) is 11.5 Å². The molecule has 2 aromatic carbocycles. The van der Waals surface area contributed by atoms with Gasteiger partial charge in [0.05, 0.1) is 28.6 Å². The van der Waals surface area contributed by atoms with E-state index in [1.807, 2.05) is 0 Å². The molecule has 1 amide bonds. The van der Waals surface area contributed by atoms with Crippen LogP contribution in [0.5, 0.6) is 0 Å². The number of aryl methyl sites for hydroxylation is 1. The van der Waals surface area contributed by atoms with Crippen LogP contribution in [0.2, 0.25) is 0 Å². The Morgan fingerprint density at radius 1 is 1.18 bits per heavy atom. The first-order valence-electron chi connectivity index (χ1n) is 9.92. The Bertz CT molecular complexity index is 1410. The van der Waals surface area contributed by atoms with Gasteiger partial charge in [-0.3, -0.25) is 9.89 Å². The Balaban J connectivity index is 1.52. The van der Waals surface area contributed by atoms with E-state index >= 15 is 0 Å². The summed E-state index contributed by atoms with van der Waals surface area (Å²) in [5.41, 5.74) is 0.335. The molecule has 11 heteroatoms. The predicted molar refractivity (Wildman–Crippen MR) is 113 cm³/mol. The van der Waals surface area contributed by atoms with Gasteiger partial charge in [0.15, 0.2) is 0 Å². The van der Waals surface area contributed by atoms with E-state index in [4.69, 9.17) is 5.26 Å². The molecule has 172 valence electrons. The zero-order chi connectivity index (χ0) is 24.5. The Morgan fingerprint density at radius 3 is 2.62 bits per heavy atom. The van der Waals surface area contributed by atoms with Crippen molar-refractivity contribution in [2.24, 2.45) is 0 Å². The van der Waals surface area contributed by atoms with Crippen molar-refractivity contribution in [3.63, 3.8) is 0 Å². The van der Waals surface area contributed by atoms with Crippen LogP contribution >= 0.6 is 0 Å². The number of aromatic amines is 1. The van der Waals surface area contributed by atoms with E-state index in [0.717, 1.165) is 17.8 Å². The summed E-state index contributed by atoms with van der Waals surface area (Å²) in [4.78, 5) is 12.1. The van der Waals surface area contributed by atoms with Crippen LogP contribution in [0, 0.1) is 24.1 Å². The average Bonchev–Trinajstić information content (AvgIpc) is 3.46. The third-order valence-electron chi connectivity index (χ3n) is 5.01. The number of hydrogen-bond donors (Lipinski definition) is 2. The minimum Gasteiger partial charge on any atom is -0.346 e. The molecule has 0 radical (unpaired) electrons. The number of aromatic nitrogens is 4. The lowest BCUT2D eigenvalue weighted by Gasteiger charge is -2.10. The summed E-state index contributed by atoms with van der Waals surface area (Å²) in [7, 11) is 0. The number of carbonyl (C=O) groups is 1. The highest BCUT2D eigenvalue weighted by atomic mass is 19.4. The molecule has 0 aliphatic carbocycles. The first kappa shape index (κ1) is 22.7. The van der Waals surface area contributed by atoms with Gasteiger partial charge in [-0.1, -0.05) is 12.1 Å². The van der Waals surface area contributed by atoms with E-state index in [1.165, 1.54) is 41.2 Å². The summed E-state index contributed by atoms with van der Waals surface area (Å²) < 4.78 is 55.7. The normalized spacial score (nSPS) is 11.3. The molecule has 4 rings (SSSR count). The van der Waals surface area contributed by atoms with Crippen molar-refractivity contribution in [3.05, 3.63) is 88.6 Å². The van der Waals surface area contributed by atoms with Gasteiger partial charge in [-0.25, -0.2) is 9.07 Å². The standard InChI is InChI=1S/C23H16F4N6O/c1-13-8-21(31-30-13)22(34)29-12-16-4-5-17(10-19(16)24)33-7-6-20(32-33)14-2-3-15(11-28)18(9-14)23(25,26)27/h2-10H,12H2,1H3,(H,29,34)(H,30,31). The number of nitrogens with zero attached hydrogens (tertiary/aromatic N) is 4. The fraction of sp³-hybridized carbons (Fsp3) is 0.130. The second-order valence-electron chi connectivity index (χ2n) is 7.41. The molecular formula is C23H16F4N6O. The predicted octanol–water partition coefficient (Wildman–Crippen LogP) is 4.53. The molecule has 0 spiro atoms. The number of benzene rings is 2. The first-order valence-corrected chi connectivity index (χ1v) is 9.92. The number of nitrogens with one attached hydrogen (secondary N) is 2. The summed E-state index contributed by atoms with van der Waals surface area (Å²) in [6.07, 6.45) is -3.20. The molecule has 2 N–H and O–H groups in total. The molecule has 0 aliphatic rings. The second-order valence-corrected chi connectivity index (χ2v) is 7.41. The molecule has 0 aliphatic heterocycles. The van der Waals surface area contributed by atoms with Crippen molar-refractivity contribution >= 4 is 5.91 Å². The minimum atomic E-state index is -4.69. The lowest BCUT2D eigenvalue weighted by atomic mass is 10.0. The molecule has 4 aromatic rings. The third-order valence-corrected chi connectivity index (χ3v) is 5.01. The molecule has 2 aromatic heterocycles. The molecule has 7 nitrogen and oxygen atoms in total. The van der Waals surface area contributed by atoms with Gasteiger partial charge in [-0.05, 0) is 43.3 Å². The van der Waals surface area contributed by atoms with Crippen molar-refractivity contribution in [2.45, 2.75) is 19.6 Å². The summed E-state index contributed by atoms with van der Waals surface area (Å²) in [6, 6.07) is 12.2. The molecule has 0 saturated carbocycles. The Hall–Kier alpha value is -4.46. The van der Waals surface area contributed by atoms with Gasteiger partial charge in [-0.2, -0.15) is 28.6 Å². The highest BCUT2D eigenvalue weighted by Crippen LogP contribution is 2.34. The van der Waals surface area contributed by atoms with E-state index < -0.39 is 29.0 Å². The van der Waals surface area contributed by atoms with Crippen molar-refractivity contribution < 1.29 is 22.4 Å². The number of halogens is 4. The van der Waals surface area contributed by atoms with Crippen LogP contribution in [0.4, 0.5) is 17.6 Å². The minimum absolute atomic E-state index is 0.0628. The highest BCUT2D eigenvalue weighted by Gasteiger charge is 2.34. The summed E-state index contributed by atoms with van der Waals surface area (Å²) in [5.74, 6) is -1.05. The number of amides is 1. The molecule has 2 heterocycles. The van der Waals surface area contributed by atoms with Gasteiger partial charge in [0, 0.05) is 29.6 Å². The van der Waals surface area contributed by atoms with Crippen molar-refractivity contribution in [1.82, 2.24) is 25.3 Å². The zero-order valence-corrected chi connectivity index (χ0v) is 17.6. The van der Waals surface area contributed by atoms with E-state index in [9.17, 15) is 22.4 Å². The maximum absolute atomic E-state index is 14.6. The van der Waals surface area contributed by atoms with Crippen molar-refractivity contribution in [3.8, 4) is 23.0 Å². The van der Waals surface area contributed by atoms with E-state index in [-0.39, 0.29) is 29.1 Å². The van der Waals surface area contributed by atoms with Crippen LogP contribution in [0.25, 0.3) is 16.9 Å². The van der Waals surface area contributed by atoms with Crippen LogP contribution in [0.3, 0.4) is 0 Å². The molecule has 0 fully saturated rings. The summed E-state index contributed by atoms with van der Waals surface area (Å²) in [5, 5.41) is 22.2. The van der Waals surface area contributed by atoms with Crippen LogP contribution in [0.15, 0.2) is 54.7 Å². The topological polar surface area (TPSA) is 99.4 Å². The number of rotatable bonds is 5. The highest BCUT2D eigenvalue weighted by molar-refractivity contribution is 5.92. The lowest BCUT2D eigenvalue weighted by Crippen LogP contribution is -2.23. The van der Waals surface area contributed by atoms with Crippen LogP contribution in [-0.4, -0.2) is 25.9 Å². The number of alkyl halides is 3. The fourth-order valence-corrected chi connectivity index (χ4v) is 3.28. The monoisotopic (exact) mass is 468 g/mol. The Kier molecular flexibility index (Phi) is 5.89. The quantitative estimate of drug-likeness (QED) is 0.421. The first-order chi connectivity index (χ1) is 16.2. The summed E-state index contributed by atoms with van der Waals surface area (Å²) in [6.45, 7) is 1.69. The SMILES string of the molecule is Cc1cc(C(=O)NCc2ccc(-n3ccc(-c4ccc(C#N)c(C(F)(F)F)c4)n3)cc2F)n[nH]1.